The first-order valence-electron chi connectivity index (χ1n) is 7.41. The number of carbonyl (C=O) groups is 1. The Morgan fingerprint density at radius 3 is 2.68 bits per heavy atom. The maximum Gasteiger partial charge on any atom is 0.227 e. The van der Waals surface area contributed by atoms with Gasteiger partial charge in [0.1, 0.15) is 0 Å². The van der Waals surface area contributed by atoms with Gasteiger partial charge in [-0.3, -0.25) is 4.79 Å². The van der Waals surface area contributed by atoms with E-state index < -0.39 is 0 Å². The third-order valence-electron chi connectivity index (χ3n) is 3.92. The molecule has 0 radical (unpaired) electrons. The predicted molar refractivity (Wildman–Crippen MR) is 85.3 cm³/mol. The number of nitrogens with zero attached hydrogens (tertiary/aromatic N) is 3. The van der Waals surface area contributed by atoms with E-state index in [1.807, 2.05) is 30.7 Å². The zero-order valence-corrected chi connectivity index (χ0v) is 13.4. The molecule has 0 bridgehead atoms. The maximum absolute atomic E-state index is 12.5. The number of rotatable bonds is 6. The number of carbonyl (C=O) groups excluding carboxylic acids is 1. The Bertz CT molecular complexity index is 649. The average Bonchev–Trinajstić information content (AvgIpc) is 2.88. The third kappa shape index (κ3) is 3.95. The zero-order chi connectivity index (χ0) is 16.1. The minimum Gasteiger partial charge on any atom is -0.395 e. The normalized spacial score (nSPS) is 10.7. The molecular formula is C17H23N3O2. The molecule has 0 aliphatic carbocycles. The fourth-order valence-electron chi connectivity index (χ4n) is 2.35. The molecule has 0 saturated carbocycles. The van der Waals surface area contributed by atoms with Gasteiger partial charge in [0.25, 0.3) is 0 Å². The fourth-order valence-corrected chi connectivity index (χ4v) is 2.35. The molecule has 1 N–H and O–H groups in total. The number of benzene rings is 1. The van der Waals surface area contributed by atoms with Crippen molar-refractivity contribution in [2.45, 2.75) is 26.8 Å². The van der Waals surface area contributed by atoms with Crippen molar-refractivity contribution in [3.8, 4) is 0 Å². The lowest BCUT2D eigenvalue weighted by molar-refractivity contribution is -0.131. The second kappa shape index (κ2) is 7.22. The summed E-state index contributed by atoms with van der Waals surface area (Å²) in [6.07, 6.45) is 3.80. The van der Waals surface area contributed by atoms with Crippen molar-refractivity contribution < 1.29 is 9.90 Å². The van der Waals surface area contributed by atoms with Crippen LogP contribution in [0.15, 0.2) is 30.7 Å². The van der Waals surface area contributed by atoms with E-state index >= 15 is 0 Å². The number of aromatic nitrogens is 2. The van der Waals surface area contributed by atoms with Crippen molar-refractivity contribution in [3.05, 3.63) is 53.1 Å². The summed E-state index contributed by atoms with van der Waals surface area (Å²) in [5, 5.41) is 9.21. The van der Waals surface area contributed by atoms with Gasteiger partial charge in [0, 0.05) is 19.8 Å². The van der Waals surface area contributed by atoms with Crippen molar-refractivity contribution in [1.82, 2.24) is 14.5 Å². The highest BCUT2D eigenvalue weighted by Gasteiger charge is 2.15. The molecule has 0 aliphatic rings. The zero-order valence-electron chi connectivity index (χ0n) is 13.4. The van der Waals surface area contributed by atoms with E-state index in [2.05, 4.69) is 18.0 Å². The summed E-state index contributed by atoms with van der Waals surface area (Å²) < 4.78 is 1.88. The van der Waals surface area contributed by atoms with Gasteiger partial charge in [-0.1, -0.05) is 18.2 Å². The molecule has 2 aromatic rings. The second-order valence-corrected chi connectivity index (χ2v) is 5.63. The van der Waals surface area contributed by atoms with Crippen molar-refractivity contribution >= 4 is 5.91 Å². The molecule has 0 unspecified atom stereocenters. The summed E-state index contributed by atoms with van der Waals surface area (Å²) in [5.74, 6) is 0.0125. The average molecular weight is 301 g/mol. The van der Waals surface area contributed by atoms with Crippen LogP contribution in [0.4, 0.5) is 0 Å². The lowest BCUT2D eigenvalue weighted by Crippen LogP contribution is -2.34. The molecule has 0 saturated heterocycles. The first-order chi connectivity index (χ1) is 10.5. The lowest BCUT2D eigenvalue weighted by Gasteiger charge is -2.22. The van der Waals surface area contributed by atoms with Gasteiger partial charge in [-0.15, -0.1) is 0 Å². The highest BCUT2D eigenvalue weighted by molar-refractivity contribution is 5.78. The highest BCUT2D eigenvalue weighted by Crippen LogP contribution is 2.12. The van der Waals surface area contributed by atoms with Gasteiger partial charge in [0.15, 0.2) is 0 Å². The first kappa shape index (κ1) is 16.2. The monoisotopic (exact) mass is 301 g/mol. The van der Waals surface area contributed by atoms with Crippen LogP contribution in [0, 0.1) is 13.8 Å². The summed E-state index contributed by atoms with van der Waals surface area (Å²) in [6.45, 7) is 4.85. The molecular weight excluding hydrogens is 278 g/mol. The summed E-state index contributed by atoms with van der Waals surface area (Å²) >= 11 is 0. The second-order valence-electron chi connectivity index (χ2n) is 5.63. The molecule has 5 nitrogen and oxygen atoms in total. The van der Waals surface area contributed by atoms with E-state index in [-0.39, 0.29) is 12.5 Å². The molecule has 1 amide bonds. The van der Waals surface area contributed by atoms with Gasteiger partial charge in [-0.25, -0.2) is 4.98 Å². The predicted octanol–water partition coefficient (Wildman–Crippen LogP) is 1.60. The molecule has 118 valence electrons. The van der Waals surface area contributed by atoms with E-state index in [1.165, 1.54) is 11.1 Å². The molecule has 0 aliphatic heterocycles. The van der Waals surface area contributed by atoms with E-state index in [0.29, 0.717) is 19.5 Å². The number of aliphatic hydroxyl groups is 1. The Hall–Kier alpha value is -2.14. The van der Waals surface area contributed by atoms with Crippen LogP contribution in [0.25, 0.3) is 0 Å². The van der Waals surface area contributed by atoms with Gasteiger partial charge < -0.3 is 14.6 Å². The van der Waals surface area contributed by atoms with Crippen molar-refractivity contribution in [2.75, 3.05) is 13.2 Å². The van der Waals surface area contributed by atoms with Gasteiger partial charge in [-0.2, -0.15) is 0 Å². The van der Waals surface area contributed by atoms with Crippen LogP contribution >= 0.6 is 0 Å². The van der Waals surface area contributed by atoms with Crippen molar-refractivity contribution in [3.63, 3.8) is 0 Å². The number of amides is 1. The smallest absolute Gasteiger partial charge is 0.227 e. The largest absolute Gasteiger partial charge is 0.395 e. The number of imidazole rings is 1. The quantitative estimate of drug-likeness (QED) is 0.881. The minimum absolute atomic E-state index is 0.0125. The standard InChI is InChI=1S/C17H23N3O2/c1-13-4-5-15(8-14(13)2)9-17(22)20(6-7-21)11-16-10-18-12-19(16)3/h4-5,8,10,12,21H,6-7,9,11H2,1-3H3. The first-order valence-corrected chi connectivity index (χ1v) is 7.41. The maximum atomic E-state index is 12.5. The Kier molecular flexibility index (Phi) is 5.33. The van der Waals surface area contributed by atoms with Crippen LogP contribution in [0.2, 0.25) is 0 Å². The molecule has 0 fully saturated rings. The van der Waals surface area contributed by atoms with Gasteiger partial charge in [0.2, 0.25) is 5.91 Å². The summed E-state index contributed by atoms with van der Waals surface area (Å²) in [6, 6.07) is 6.07. The Morgan fingerprint density at radius 2 is 2.09 bits per heavy atom. The van der Waals surface area contributed by atoms with Crippen LogP contribution in [0.3, 0.4) is 0 Å². The summed E-state index contributed by atoms with van der Waals surface area (Å²) in [5.41, 5.74) is 4.35. The molecule has 5 heteroatoms. The molecule has 1 aromatic heterocycles. The van der Waals surface area contributed by atoms with Crippen LogP contribution in [0.1, 0.15) is 22.4 Å². The summed E-state index contributed by atoms with van der Waals surface area (Å²) in [4.78, 5) is 18.3. The molecule has 22 heavy (non-hydrogen) atoms. The highest BCUT2D eigenvalue weighted by atomic mass is 16.3. The third-order valence-corrected chi connectivity index (χ3v) is 3.92. The van der Waals surface area contributed by atoms with Crippen LogP contribution < -0.4 is 0 Å². The topological polar surface area (TPSA) is 58.4 Å². The Balaban J connectivity index is 2.08. The van der Waals surface area contributed by atoms with Gasteiger partial charge >= 0.3 is 0 Å². The lowest BCUT2D eigenvalue weighted by atomic mass is 10.0. The molecule has 1 aromatic carbocycles. The summed E-state index contributed by atoms with van der Waals surface area (Å²) in [7, 11) is 1.90. The van der Waals surface area contributed by atoms with Crippen LogP contribution in [0.5, 0.6) is 0 Å². The van der Waals surface area contributed by atoms with Gasteiger partial charge in [-0.05, 0) is 30.5 Å². The van der Waals surface area contributed by atoms with Crippen LogP contribution in [-0.4, -0.2) is 38.6 Å². The SMILES string of the molecule is Cc1ccc(CC(=O)N(CCO)Cc2cncn2C)cc1C. The Morgan fingerprint density at radius 1 is 1.32 bits per heavy atom. The van der Waals surface area contributed by atoms with E-state index in [0.717, 1.165) is 11.3 Å². The van der Waals surface area contributed by atoms with E-state index in [9.17, 15) is 9.90 Å². The van der Waals surface area contributed by atoms with Crippen molar-refractivity contribution in [2.24, 2.45) is 7.05 Å². The molecule has 1 heterocycles. The number of hydrogen-bond donors (Lipinski definition) is 1. The molecule has 0 atom stereocenters. The Labute approximate surface area is 131 Å². The minimum atomic E-state index is -0.0451. The van der Waals surface area contributed by atoms with E-state index in [4.69, 9.17) is 0 Å². The fraction of sp³-hybridized carbons (Fsp3) is 0.412. The van der Waals surface area contributed by atoms with Crippen molar-refractivity contribution in [1.29, 1.82) is 0 Å². The molecule has 2 rings (SSSR count). The van der Waals surface area contributed by atoms with Gasteiger partial charge in [0.05, 0.1) is 31.6 Å². The number of aliphatic hydroxyl groups excluding tert-OH is 1. The molecule has 0 spiro atoms. The number of hydrogen-bond acceptors (Lipinski definition) is 3. The van der Waals surface area contributed by atoms with E-state index in [1.54, 1.807) is 17.4 Å². The van der Waals surface area contributed by atoms with Crippen LogP contribution in [-0.2, 0) is 24.8 Å². The number of aryl methyl sites for hydroxylation is 3.